The summed E-state index contributed by atoms with van der Waals surface area (Å²) < 4.78 is 37.5. The molecule has 0 saturated heterocycles. The van der Waals surface area contributed by atoms with Gasteiger partial charge >= 0.3 is 12.3 Å². The summed E-state index contributed by atoms with van der Waals surface area (Å²) in [5.74, 6) is -1.33. The van der Waals surface area contributed by atoms with Crippen LogP contribution in [0, 0.1) is 5.21 Å². The molecule has 0 radical (unpaired) electrons. The van der Waals surface area contributed by atoms with Crippen LogP contribution in [0.4, 0.5) is 18.9 Å². The Morgan fingerprint density at radius 3 is 2.17 bits per heavy atom. The van der Waals surface area contributed by atoms with Crippen LogP contribution < -0.4 is 5.01 Å². The Balaban J connectivity index is 3.19. The Bertz CT molecular complexity index is 471. The lowest BCUT2D eigenvalue weighted by molar-refractivity contribution is -0.598. The number of carbonyl (C=O) groups is 1. The average Bonchev–Trinajstić information content (AvgIpc) is 2.27. The molecule has 10 heteroatoms. The molecule has 0 fully saturated rings. The van der Waals surface area contributed by atoms with Crippen molar-refractivity contribution in [1.82, 2.24) is 0 Å². The summed E-state index contributed by atoms with van der Waals surface area (Å²) in [4.78, 5) is 9.43. The first-order valence-corrected chi connectivity index (χ1v) is 4.30. The Labute approximate surface area is 97.5 Å². The largest absolute Gasteiger partial charge is 0.568 e. The molecule has 1 rings (SSSR count). The first-order valence-electron chi connectivity index (χ1n) is 4.30. The van der Waals surface area contributed by atoms with Crippen molar-refractivity contribution in [2.24, 2.45) is 5.28 Å². The van der Waals surface area contributed by atoms with Gasteiger partial charge in [0.1, 0.15) is 5.69 Å². The second-order valence-electron chi connectivity index (χ2n) is 2.97. The van der Waals surface area contributed by atoms with E-state index in [9.17, 15) is 23.2 Å². The predicted molar refractivity (Wildman–Crippen MR) is 49.8 cm³/mol. The maximum atomic E-state index is 12.5. The van der Waals surface area contributed by atoms with Crippen LogP contribution in [0.1, 0.15) is 10.4 Å². The van der Waals surface area contributed by atoms with Gasteiger partial charge in [0.25, 0.3) is 0 Å². The van der Waals surface area contributed by atoms with Gasteiger partial charge in [0.2, 0.25) is 5.28 Å². The van der Waals surface area contributed by atoms with Gasteiger partial charge in [0.05, 0.1) is 10.5 Å². The van der Waals surface area contributed by atoms with Crippen LogP contribution in [0.15, 0.2) is 29.5 Å². The SMILES string of the molecule is O=C(O)c1ccc(N(/[N+]([O-])=N/O)C(F)(F)F)cc1. The minimum absolute atomic E-state index is 0.251. The zero-order chi connectivity index (χ0) is 13.9. The molecule has 0 saturated carbocycles. The second-order valence-corrected chi connectivity index (χ2v) is 2.97. The summed E-state index contributed by atoms with van der Waals surface area (Å²) in [7, 11) is 0. The van der Waals surface area contributed by atoms with E-state index < -0.39 is 27.9 Å². The van der Waals surface area contributed by atoms with E-state index in [4.69, 9.17) is 10.3 Å². The van der Waals surface area contributed by atoms with E-state index in [-0.39, 0.29) is 5.56 Å². The molecule has 7 nitrogen and oxygen atoms in total. The van der Waals surface area contributed by atoms with Gasteiger partial charge in [0.15, 0.2) is 0 Å². The lowest BCUT2D eigenvalue weighted by Crippen LogP contribution is -2.43. The number of hydrogen-bond donors (Lipinski definition) is 2. The smallest absolute Gasteiger partial charge is 0.539 e. The van der Waals surface area contributed by atoms with E-state index in [0.717, 1.165) is 24.3 Å². The first kappa shape index (κ1) is 13.5. The van der Waals surface area contributed by atoms with Crippen molar-refractivity contribution < 1.29 is 33.2 Å². The predicted octanol–water partition coefficient (Wildman–Crippen LogP) is 1.98. The number of rotatable bonds is 3. The van der Waals surface area contributed by atoms with Gasteiger partial charge < -0.3 is 15.5 Å². The molecule has 0 heterocycles. The Morgan fingerprint density at radius 2 is 1.83 bits per heavy atom. The van der Waals surface area contributed by atoms with Crippen LogP contribution in [0.3, 0.4) is 0 Å². The monoisotopic (exact) mass is 265 g/mol. The zero-order valence-corrected chi connectivity index (χ0v) is 8.50. The van der Waals surface area contributed by atoms with Crippen molar-refractivity contribution in [3.63, 3.8) is 0 Å². The molecule has 2 N–H and O–H groups in total. The summed E-state index contributed by atoms with van der Waals surface area (Å²) in [6.07, 6.45) is -5.13. The van der Waals surface area contributed by atoms with Crippen molar-refractivity contribution in [1.29, 1.82) is 0 Å². The molecule has 0 aliphatic rings. The Kier molecular flexibility index (Phi) is 3.59. The van der Waals surface area contributed by atoms with Crippen molar-refractivity contribution in [3.05, 3.63) is 35.0 Å². The molecule has 1 aromatic rings. The quantitative estimate of drug-likeness (QED) is 0.376. The number of alkyl halides is 3. The van der Waals surface area contributed by atoms with Gasteiger partial charge in [-0.1, -0.05) is 0 Å². The topological polar surface area (TPSA) is 99.2 Å². The number of nitrogens with zero attached hydrogens (tertiary/aromatic N) is 3. The number of carboxylic acids is 1. The van der Waals surface area contributed by atoms with Gasteiger partial charge in [-0.2, -0.15) is 0 Å². The Morgan fingerprint density at radius 1 is 1.33 bits per heavy atom. The Hall–Kier alpha value is -2.52. The van der Waals surface area contributed by atoms with Crippen molar-refractivity contribution in [2.75, 3.05) is 5.01 Å². The molecule has 0 bridgehead atoms. The van der Waals surface area contributed by atoms with Crippen molar-refractivity contribution in [2.45, 2.75) is 6.30 Å². The zero-order valence-electron chi connectivity index (χ0n) is 8.50. The molecule has 0 aliphatic carbocycles. The first-order chi connectivity index (χ1) is 8.27. The van der Waals surface area contributed by atoms with Gasteiger partial charge in [-0.25, -0.2) is 4.79 Å². The number of aromatic carboxylic acids is 1. The summed E-state index contributed by atoms with van der Waals surface area (Å²) in [6.45, 7) is 0. The third-order valence-electron chi connectivity index (χ3n) is 1.85. The fourth-order valence-corrected chi connectivity index (χ4v) is 1.13. The number of anilines is 1. The summed E-state index contributed by atoms with van der Waals surface area (Å²) in [6, 6.07) is 3.27. The molecule has 0 aromatic heterocycles. The van der Waals surface area contributed by atoms with Crippen molar-refractivity contribution in [3.8, 4) is 0 Å². The number of hydrogen-bond acceptors (Lipinski definition) is 3. The number of halogens is 3. The third kappa shape index (κ3) is 2.78. The maximum absolute atomic E-state index is 12.5. The summed E-state index contributed by atoms with van der Waals surface area (Å²) in [5, 5.41) is 28.5. The fourth-order valence-electron chi connectivity index (χ4n) is 1.13. The molecule has 1 aromatic carbocycles. The van der Waals surface area contributed by atoms with Crippen LogP contribution >= 0.6 is 0 Å². The fraction of sp³-hybridized carbons (Fsp3) is 0.125. The summed E-state index contributed by atoms with van der Waals surface area (Å²) >= 11 is 0. The highest BCUT2D eigenvalue weighted by atomic mass is 19.4. The third-order valence-corrected chi connectivity index (χ3v) is 1.85. The van der Waals surface area contributed by atoms with Gasteiger partial charge in [-0.3, -0.25) is 0 Å². The van der Waals surface area contributed by atoms with E-state index in [0.29, 0.717) is 0 Å². The van der Waals surface area contributed by atoms with Crippen molar-refractivity contribution >= 4 is 11.7 Å². The van der Waals surface area contributed by atoms with Gasteiger partial charge in [0, 0.05) is 0 Å². The van der Waals surface area contributed by atoms with E-state index in [1.807, 2.05) is 5.28 Å². The van der Waals surface area contributed by atoms with Crippen LogP contribution in [0.5, 0.6) is 0 Å². The van der Waals surface area contributed by atoms with E-state index in [1.54, 1.807) is 0 Å². The number of hydrazine groups is 1. The lowest BCUT2D eigenvalue weighted by Gasteiger charge is -2.19. The van der Waals surface area contributed by atoms with Crippen LogP contribution in [-0.2, 0) is 0 Å². The molecular formula is C8H6F3N3O4. The molecular weight excluding hydrogens is 259 g/mol. The molecule has 0 spiro atoms. The molecule has 98 valence electrons. The molecule has 0 aliphatic heterocycles. The molecule has 0 atom stereocenters. The van der Waals surface area contributed by atoms with Crippen LogP contribution in [0.2, 0.25) is 0 Å². The van der Waals surface area contributed by atoms with E-state index in [1.165, 1.54) is 0 Å². The molecule has 0 amide bonds. The minimum atomic E-state index is -5.13. The number of carboxylic acid groups (broad SMARTS) is 1. The lowest BCUT2D eigenvalue weighted by atomic mass is 10.2. The van der Waals surface area contributed by atoms with Crippen LogP contribution in [-0.4, -0.2) is 27.6 Å². The molecule has 0 unspecified atom stereocenters. The van der Waals surface area contributed by atoms with E-state index >= 15 is 0 Å². The highest BCUT2D eigenvalue weighted by molar-refractivity contribution is 5.88. The average molecular weight is 265 g/mol. The van der Waals surface area contributed by atoms with Gasteiger partial charge in [-0.15, -0.1) is 13.2 Å². The standard InChI is InChI=1S/C8H6F3N3O4/c9-8(10,11)13(14(18)12-17)6-3-1-5(2-4-6)7(15)16/h1-4,17H,(H,15,16)/b14-12-. The number of benzene rings is 1. The maximum Gasteiger partial charge on any atom is 0.539 e. The highest BCUT2D eigenvalue weighted by Crippen LogP contribution is 2.28. The minimum Gasteiger partial charge on any atom is -0.568 e. The van der Waals surface area contributed by atoms with E-state index in [2.05, 4.69) is 0 Å². The van der Waals surface area contributed by atoms with Crippen LogP contribution in [0.25, 0.3) is 0 Å². The second kappa shape index (κ2) is 4.77. The highest BCUT2D eigenvalue weighted by Gasteiger charge is 2.46. The normalized spacial score (nSPS) is 12.3. The molecule has 18 heavy (non-hydrogen) atoms. The summed E-state index contributed by atoms with van der Waals surface area (Å²) in [5.41, 5.74) is -0.945. The van der Waals surface area contributed by atoms with Gasteiger partial charge in [-0.05, 0) is 29.3 Å².